The van der Waals surface area contributed by atoms with Crippen LogP contribution in [-0.4, -0.2) is 28.8 Å². The van der Waals surface area contributed by atoms with Gasteiger partial charge in [-0.2, -0.15) is 5.10 Å². The van der Waals surface area contributed by atoms with Gasteiger partial charge in [-0.15, -0.1) is 24.0 Å². The Balaban J connectivity index is 0.00000225. The molecule has 2 aromatic rings. The maximum atomic E-state index is 4.75. The van der Waals surface area contributed by atoms with Crippen molar-refractivity contribution in [1.29, 1.82) is 0 Å². The summed E-state index contributed by atoms with van der Waals surface area (Å²) >= 11 is 0. The molecule has 0 aliphatic heterocycles. The Morgan fingerprint density at radius 1 is 1.28 bits per heavy atom. The number of hydrogen-bond donors (Lipinski definition) is 2. The Kier molecular flexibility index (Phi) is 6.87. The number of benzene rings is 1. The van der Waals surface area contributed by atoms with Gasteiger partial charge in [-0.3, -0.25) is 4.68 Å². The van der Waals surface area contributed by atoms with Crippen LogP contribution in [0.25, 0.3) is 0 Å². The standard InChI is InChI=1S/C19H27N5.HI/c1-5-20-19(22-12-18-13(2)23-24(4)14(18)3)21-11-16-10-15-8-6-7-9-17(15)16;/h6-9,16H,5,10-12H2,1-4H3,(H2,20,21,22);1H. The number of rotatable bonds is 5. The van der Waals surface area contributed by atoms with Crippen LogP contribution in [0.4, 0.5) is 0 Å². The summed E-state index contributed by atoms with van der Waals surface area (Å²) in [6, 6.07) is 8.70. The van der Waals surface area contributed by atoms with Gasteiger partial charge in [0.15, 0.2) is 5.96 Å². The molecule has 2 N–H and O–H groups in total. The molecule has 0 saturated heterocycles. The normalized spacial score (nSPS) is 15.8. The van der Waals surface area contributed by atoms with Crippen LogP contribution in [0.2, 0.25) is 0 Å². The minimum Gasteiger partial charge on any atom is -0.357 e. The Morgan fingerprint density at radius 2 is 2.04 bits per heavy atom. The van der Waals surface area contributed by atoms with Crippen LogP contribution in [0.5, 0.6) is 0 Å². The summed E-state index contributed by atoms with van der Waals surface area (Å²) in [7, 11) is 1.98. The van der Waals surface area contributed by atoms with E-state index < -0.39 is 0 Å². The third-order valence-electron chi connectivity index (χ3n) is 4.88. The molecule has 1 aliphatic rings. The first-order valence-corrected chi connectivity index (χ1v) is 8.69. The number of halogens is 1. The van der Waals surface area contributed by atoms with Crippen LogP contribution in [0.3, 0.4) is 0 Å². The maximum absolute atomic E-state index is 4.75. The fraction of sp³-hybridized carbons (Fsp3) is 0.474. The predicted molar refractivity (Wildman–Crippen MR) is 114 cm³/mol. The van der Waals surface area contributed by atoms with Gasteiger partial charge in [0.25, 0.3) is 0 Å². The first-order chi connectivity index (χ1) is 11.6. The lowest BCUT2D eigenvalue weighted by atomic mass is 9.78. The lowest BCUT2D eigenvalue weighted by Gasteiger charge is -2.30. The molecular weight excluding hydrogens is 425 g/mol. The number of hydrogen-bond acceptors (Lipinski definition) is 2. The molecule has 1 aromatic heterocycles. The average Bonchev–Trinajstić information content (AvgIpc) is 2.78. The van der Waals surface area contributed by atoms with Gasteiger partial charge in [0.1, 0.15) is 0 Å². The minimum absolute atomic E-state index is 0. The fourth-order valence-corrected chi connectivity index (χ4v) is 3.31. The second kappa shape index (κ2) is 8.69. The van der Waals surface area contributed by atoms with E-state index >= 15 is 0 Å². The van der Waals surface area contributed by atoms with Crippen molar-refractivity contribution in [2.45, 2.75) is 39.7 Å². The number of nitrogens with zero attached hydrogens (tertiary/aromatic N) is 3. The molecule has 0 amide bonds. The van der Waals surface area contributed by atoms with E-state index in [1.807, 2.05) is 18.7 Å². The van der Waals surface area contributed by atoms with Crippen LogP contribution in [0.1, 0.15) is 40.9 Å². The summed E-state index contributed by atoms with van der Waals surface area (Å²) in [6.07, 6.45) is 1.16. The lowest BCUT2D eigenvalue weighted by molar-refractivity contribution is 0.584. The highest BCUT2D eigenvalue weighted by atomic mass is 127. The van der Waals surface area contributed by atoms with E-state index in [1.54, 1.807) is 0 Å². The second-order valence-electron chi connectivity index (χ2n) is 6.45. The Morgan fingerprint density at radius 3 is 2.68 bits per heavy atom. The number of aromatic nitrogens is 2. The number of guanidine groups is 1. The van der Waals surface area contributed by atoms with Crippen molar-refractivity contribution in [3.8, 4) is 0 Å². The van der Waals surface area contributed by atoms with E-state index in [-0.39, 0.29) is 24.0 Å². The predicted octanol–water partition coefficient (Wildman–Crippen LogP) is 3.05. The molecule has 0 saturated carbocycles. The summed E-state index contributed by atoms with van der Waals surface area (Å²) in [5.74, 6) is 1.47. The summed E-state index contributed by atoms with van der Waals surface area (Å²) in [4.78, 5) is 4.75. The number of nitrogens with one attached hydrogen (secondary N) is 2. The van der Waals surface area contributed by atoms with Crippen LogP contribution in [0, 0.1) is 13.8 Å². The van der Waals surface area contributed by atoms with Gasteiger partial charge in [0.2, 0.25) is 0 Å². The highest BCUT2D eigenvalue weighted by molar-refractivity contribution is 14.0. The summed E-state index contributed by atoms with van der Waals surface area (Å²) in [6.45, 7) is 8.67. The summed E-state index contributed by atoms with van der Waals surface area (Å²) in [5, 5.41) is 11.3. The highest BCUT2D eigenvalue weighted by Gasteiger charge is 2.25. The summed E-state index contributed by atoms with van der Waals surface area (Å²) in [5.41, 5.74) is 6.40. The molecule has 5 nitrogen and oxygen atoms in total. The topological polar surface area (TPSA) is 54.2 Å². The molecule has 1 heterocycles. The number of aliphatic imine (C=N–C) groups is 1. The SMILES string of the molecule is CCNC(=NCc1c(C)nn(C)c1C)NCC1Cc2ccccc21.I. The van der Waals surface area contributed by atoms with E-state index in [9.17, 15) is 0 Å². The van der Waals surface area contributed by atoms with Gasteiger partial charge in [0.05, 0.1) is 12.2 Å². The quantitative estimate of drug-likeness (QED) is 0.416. The molecule has 0 fully saturated rings. The van der Waals surface area contributed by atoms with E-state index in [0.717, 1.165) is 31.2 Å². The third-order valence-corrected chi connectivity index (χ3v) is 4.88. The van der Waals surface area contributed by atoms with Crippen LogP contribution in [-0.2, 0) is 20.0 Å². The van der Waals surface area contributed by atoms with Gasteiger partial charge < -0.3 is 10.6 Å². The van der Waals surface area contributed by atoms with Gasteiger partial charge in [-0.1, -0.05) is 24.3 Å². The molecule has 1 aliphatic carbocycles. The number of fused-ring (bicyclic) bond motifs is 1. The fourth-order valence-electron chi connectivity index (χ4n) is 3.31. The molecule has 3 rings (SSSR count). The lowest BCUT2D eigenvalue weighted by Crippen LogP contribution is -2.41. The van der Waals surface area contributed by atoms with E-state index in [0.29, 0.717) is 12.5 Å². The first kappa shape index (κ1) is 19.8. The van der Waals surface area contributed by atoms with Gasteiger partial charge in [-0.05, 0) is 38.3 Å². The van der Waals surface area contributed by atoms with Crippen molar-refractivity contribution < 1.29 is 0 Å². The van der Waals surface area contributed by atoms with Crippen molar-refractivity contribution in [1.82, 2.24) is 20.4 Å². The number of aryl methyl sites for hydroxylation is 2. The van der Waals surface area contributed by atoms with E-state index in [1.165, 1.54) is 22.4 Å². The van der Waals surface area contributed by atoms with Crippen LogP contribution >= 0.6 is 24.0 Å². The van der Waals surface area contributed by atoms with Crippen LogP contribution in [0.15, 0.2) is 29.3 Å². The molecule has 0 radical (unpaired) electrons. The zero-order chi connectivity index (χ0) is 17.1. The molecular formula is C19H28IN5. The zero-order valence-electron chi connectivity index (χ0n) is 15.5. The molecule has 6 heteroatoms. The first-order valence-electron chi connectivity index (χ1n) is 8.69. The van der Waals surface area contributed by atoms with E-state index in [4.69, 9.17) is 4.99 Å². The minimum atomic E-state index is 0. The van der Waals surface area contributed by atoms with Gasteiger partial charge >= 0.3 is 0 Å². The smallest absolute Gasteiger partial charge is 0.191 e. The zero-order valence-corrected chi connectivity index (χ0v) is 17.8. The largest absolute Gasteiger partial charge is 0.357 e. The van der Waals surface area contributed by atoms with Crippen molar-refractivity contribution in [3.05, 3.63) is 52.3 Å². The second-order valence-corrected chi connectivity index (χ2v) is 6.45. The highest BCUT2D eigenvalue weighted by Crippen LogP contribution is 2.33. The molecule has 25 heavy (non-hydrogen) atoms. The third kappa shape index (κ3) is 4.34. The average molecular weight is 453 g/mol. The molecule has 0 bridgehead atoms. The maximum Gasteiger partial charge on any atom is 0.191 e. The molecule has 1 unspecified atom stereocenters. The Labute approximate surface area is 167 Å². The van der Waals surface area contributed by atoms with Crippen molar-refractivity contribution in [2.24, 2.45) is 12.0 Å². The van der Waals surface area contributed by atoms with E-state index in [2.05, 4.69) is 53.8 Å². The van der Waals surface area contributed by atoms with Crippen LogP contribution < -0.4 is 10.6 Å². The van der Waals surface area contributed by atoms with Crippen molar-refractivity contribution in [3.63, 3.8) is 0 Å². The molecule has 0 spiro atoms. The van der Waals surface area contributed by atoms with Gasteiger partial charge in [-0.25, -0.2) is 4.99 Å². The Bertz CT molecular complexity index is 750. The van der Waals surface area contributed by atoms with Gasteiger partial charge in [0, 0.05) is 37.3 Å². The van der Waals surface area contributed by atoms with Crippen molar-refractivity contribution in [2.75, 3.05) is 13.1 Å². The molecule has 136 valence electrons. The van der Waals surface area contributed by atoms with Crippen molar-refractivity contribution >= 4 is 29.9 Å². The Hall–Kier alpha value is -1.57. The monoisotopic (exact) mass is 453 g/mol. The summed E-state index contributed by atoms with van der Waals surface area (Å²) < 4.78 is 1.92. The molecule has 1 aromatic carbocycles. The molecule has 1 atom stereocenters.